The third-order valence-electron chi connectivity index (χ3n) is 3.30. The van der Waals surface area contributed by atoms with Gasteiger partial charge in [-0.3, -0.25) is 0 Å². The Labute approximate surface area is 83.7 Å². The van der Waals surface area contributed by atoms with E-state index < -0.39 is 0 Å². The van der Waals surface area contributed by atoms with E-state index in [9.17, 15) is 0 Å². The lowest BCUT2D eigenvalue weighted by Crippen LogP contribution is -2.30. The summed E-state index contributed by atoms with van der Waals surface area (Å²) in [6, 6.07) is 0.308. The fourth-order valence-corrected chi connectivity index (χ4v) is 2.64. The largest absolute Gasteiger partial charge is 0.484 e. The highest BCUT2D eigenvalue weighted by atomic mass is 16.5. The molecule has 0 amide bonds. The number of methoxy groups -OCH3 is 1. The SMILES string of the molecule is COC1=NC2C=CC3C=CC=CC2C13. The number of rotatable bonds is 0. The average Bonchev–Trinajstić information content (AvgIpc) is 2.35. The zero-order chi connectivity index (χ0) is 9.54. The summed E-state index contributed by atoms with van der Waals surface area (Å²) in [6.45, 7) is 0. The summed E-state index contributed by atoms with van der Waals surface area (Å²) in [5.74, 6) is 2.33. The maximum atomic E-state index is 5.36. The molecule has 0 aromatic heterocycles. The van der Waals surface area contributed by atoms with Crippen molar-refractivity contribution in [2.24, 2.45) is 22.7 Å². The molecule has 1 heterocycles. The van der Waals surface area contributed by atoms with Crippen LogP contribution < -0.4 is 0 Å². The smallest absolute Gasteiger partial charge is 0.188 e. The van der Waals surface area contributed by atoms with Crippen molar-refractivity contribution in [1.82, 2.24) is 0 Å². The normalized spacial score (nSPS) is 42.2. The van der Waals surface area contributed by atoms with Crippen LogP contribution >= 0.6 is 0 Å². The molecule has 72 valence electrons. The summed E-state index contributed by atoms with van der Waals surface area (Å²) in [7, 11) is 1.72. The van der Waals surface area contributed by atoms with Crippen LogP contribution in [-0.2, 0) is 4.74 Å². The van der Waals surface area contributed by atoms with Gasteiger partial charge in [0.25, 0.3) is 0 Å². The predicted octanol–water partition coefficient (Wildman–Crippen LogP) is 1.96. The second kappa shape index (κ2) is 2.84. The number of aliphatic imine (C=N–C) groups is 1. The number of hydrogen-bond donors (Lipinski definition) is 0. The molecule has 1 aliphatic heterocycles. The van der Waals surface area contributed by atoms with Crippen LogP contribution in [0.1, 0.15) is 0 Å². The first-order valence-electron chi connectivity index (χ1n) is 5.05. The fraction of sp³-hybridized carbons (Fsp3) is 0.417. The van der Waals surface area contributed by atoms with Gasteiger partial charge in [-0.1, -0.05) is 36.5 Å². The quantitative estimate of drug-likeness (QED) is 0.531. The van der Waals surface area contributed by atoms with Crippen molar-refractivity contribution in [2.75, 3.05) is 7.11 Å². The third-order valence-corrected chi connectivity index (χ3v) is 3.30. The average molecular weight is 187 g/mol. The predicted molar refractivity (Wildman–Crippen MR) is 56.1 cm³/mol. The molecule has 2 aliphatic carbocycles. The maximum Gasteiger partial charge on any atom is 0.188 e. The van der Waals surface area contributed by atoms with Crippen LogP contribution in [-0.4, -0.2) is 19.0 Å². The van der Waals surface area contributed by atoms with Crippen molar-refractivity contribution in [1.29, 1.82) is 0 Å². The van der Waals surface area contributed by atoms with Crippen LogP contribution in [0.15, 0.2) is 41.4 Å². The molecule has 0 fully saturated rings. The number of hydrogen-bond acceptors (Lipinski definition) is 2. The Kier molecular flexibility index (Phi) is 1.63. The van der Waals surface area contributed by atoms with E-state index in [2.05, 4.69) is 41.4 Å². The lowest BCUT2D eigenvalue weighted by Gasteiger charge is -2.27. The molecule has 3 rings (SSSR count). The zero-order valence-corrected chi connectivity index (χ0v) is 8.13. The van der Waals surface area contributed by atoms with E-state index in [1.807, 2.05) is 0 Å². The summed E-state index contributed by atoms with van der Waals surface area (Å²) < 4.78 is 5.36. The maximum absolute atomic E-state index is 5.36. The highest BCUT2D eigenvalue weighted by molar-refractivity contribution is 5.83. The number of allylic oxidation sites excluding steroid dienone is 4. The van der Waals surface area contributed by atoms with Gasteiger partial charge in [0, 0.05) is 11.8 Å². The van der Waals surface area contributed by atoms with Gasteiger partial charge in [-0.25, -0.2) is 4.99 Å². The number of ether oxygens (including phenoxy) is 1. The van der Waals surface area contributed by atoms with Gasteiger partial charge in [-0.05, 0) is 0 Å². The molecule has 0 saturated heterocycles. The van der Waals surface area contributed by atoms with E-state index in [-0.39, 0.29) is 0 Å². The Bertz CT molecular complexity index is 365. The molecule has 0 aromatic carbocycles. The highest BCUT2D eigenvalue weighted by Crippen LogP contribution is 2.41. The van der Waals surface area contributed by atoms with Gasteiger partial charge in [-0.2, -0.15) is 0 Å². The number of nitrogens with zero attached hydrogens (tertiary/aromatic N) is 1. The molecule has 0 radical (unpaired) electrons. The Balaban J connectivity index is 2.08. The summed E-state index contributed by atoms with van der Waals surface area (Å²) in [6.07, 6.45) is 13.2. The molecule has 0 spiro atoms. The second-order valence-electron chi connectivity index (χ2n) is 4.00. The van der Waals surface area contributed by atoms with Gasteiger partial charge in [-0.15, -0.1) is 0 Å². The first-order valence-corrected chi connectivity index (χ1v) is 5.05. The van der Waals surface area contributed by atoms with Gasteiger partial charge in [0.2, 0.25) is 0 Å². The van der Waals surface area contributed by atoms with Gasteiger partial charge in [0.15, 0.2) is 5.90 Å². The van der Waals surface area contributed by atoms with E-state index in [1.54, 1.807) is 7.11 Å². The lowest BCUT2D eigenvalue weighted by molar-refractivity contribution is 0.335. The molecular formula is C12H13NO. The topological polar surface area (TPSA) is 21.6 Å². The van der Waals surface area contributed by atoms with Crippen molar-refractivity contribution in [3.63, 3.8) is 0 Å². The molecule has 4 atom stereocenters. The lowest BCUT2D eigenvalue weighted by atomic mass is 9.76. The molecular weight excluding hydrogens is 174 g/mol. The molecule has 3 aliphatic rings. The van der Waals surface area contributed by atoms with Gasteiger partial charge in [0.05, 0.1) is 19.1 Å². The van der Waals surface area contributed by atoms with Crippen LogP contribution in [0.2, 0.25) is 0 Å². The van der Waals surface area contributed by atoms with Crippen molar-refractivity contribution in [3.8, 4) is 0 Å². The molecule has 0 saturated carbocycles. The van der Waals surface area contributed by atoms with E-state index >= 15 is 0 Å². The Morgan fingerprint density at radius 1 is 1.14 bits per heavy atom. The molecule has 4 unspecified atom stereocenters. The first-order chi connectivity index (χ1) is 6.90. The van der Waals surface area contributed by atoms with E-state index in [1.165, 1.54) is 0 Å². The van der Waals surface area contributed by atoms with E-state index in [4.69, 9.17) is 4.74 Å². The van der Waals surface area contributed by atoms with Crippen LogP contribution in [0.5, 0.6) is 0 Å². The van der Waals surface area contributed by atoms with Crippen molar-refractivity contribution in [3.05, 3.63) is 36.5 Å². The van der Waals surface area contributed by atoms with Crippen LogP contribution in [0, 0.1) is 17.8 Å². The minimum atomic E-state index is 0.308. The minimum Gasteiger partial charge on any atom is -0.484 e. The van der Waals surface area contributed by atoms with Gasteiger partial charge < -0.3 is 4.74 Å². The second-order valence-corrected chi connectivity index (χ2v) is 4.00. The van der Waals surface area contributed by atoms with E-state index in [0.29, 0.717) is 23.8 Å². The minimum absolute atomic E-state index is 0.308. The summed E-state index contributed by atoms with van der Waals surface area (Å²) in [4.78, 5) is 4.58. The van der Waals surface area contributed by atoms with Crippen LogP contribution in [0.25, 0.3) is 0 Å². The van der Waals surface area contributed by atoms with Crippen molar-refractivity contribution < 1.29 is 4.74 Å². The molecule has 2 nitrogen and oxygen atoms in total. The monoisotopic (exact) mass is 187 g/mol. The Morgan fingerprint density at radius 3 is 2.86 bits per heavy atom. The standard InChI is InChI=1S/C12H13NO/c1-14-12-11-8-4-2-3-5-9(11)10(13-12)7-6-8/h2-11H,1H3. The van der Waals surface area contributed by atoms with Gasteiger partial charge >= 0.3 is 0 Å². The van der Waals surface area contributed by atoms with Crippen molar-refractivity contribution in [2.45, 2.75) is 6.04 Å². The van der Waals surface area contributed by atoms with Crippen molar-refractivity contribution >= 4 is 5.90 Å². The van der Waals surface area contributed by atoms with Crippen LogP contribution in [0.4, 0.5) is 0 Å². The third kappa shape index (κ3) is 0.939. The molecule has 2 heteroatoms. The summed E-state index contributed by atoms with van der Waals surface area (Å²) >= 11 is 0. The molecule has 4 bridgehead atoms. The van der Waals surface area contributed by atoms with Gasteiger partial charge in [0.1, 0.15) is 0 Å². The molecule has 14 heavy (non-hydrogen) atoms. The highest BCUT2D eigenvalue weighted by Gasteiger charge is 2.43. The van der Waals surface area contributed by atoms with Crippen LogP contribution in [0.3, 0.4) is 0 Å². The molecule has 0 aromatic rings. The summed E-state index contributed by atoms with van der Waals surface area (Å²) in [5.41, 5.74) is 0. The van der Waals surface area contributed by atoms with E-state index in [0.717, 1.165) is 5.90 Å². The summed E-state index contributed by atoms with van der Waals surface area (Å²) in [5, 5.41) is 0. The molecule has 0 N–H and O–H groups in total. The zero-order valence-electron chi connectivity index (χ0n) is 8.13. The Morgan fingerprint density at radius 2 is 2.00 bits per heavy atom. The first kappa shape index (κ1) is 8.04. The fourth-order valence-electron chi connectivity index (χ4n) is 2.64. The Hall–Kier alpha value is -1.31.